The van der Waals surface area contributed by atoms with Gasteiger partial charge in [-0.2, -0.15) is 5.26 Å². The Kier molecular flexibility index (Phi) is 3.97. The molecular formula is C11H20N2O2S. The van der Waals surface area contributed by atoms with Gasteiger partial charge >= 0.3 is 0 Å². The van der Waals surface area contributed by atoms with Gasteiger partial charge in [0.25, 0.3) is 0 Å². The van der Waals surface area contributed by atoms with E-state index in [1.807, 2.05) is 13.8 Å². The summed E-state index contributed by atoms with van der Waals surface area (Å²) in [4.78, 5) is 0. The van der Waals surface area contributed by atoms with Crippen molar-refractivity contribution in [1.82, 2.24) is 5.32 Å². The number of sulfone groups is 1. The molecule has 0 radical (unpaired) electrons. The lowest BCUT2D eigenvalue weighted by atomic mass is 9.98. The molecule has 1 rings (SSSR count). The highest BCUT2D eigenvalue weighted by atomic mass is 32.2. The van der Waals surface area contributed by atoms with E-state index < -0.39 is 20.6 Å². The van der Waals surface area contributed by atoms with Crippen LogP contribution in [0, 0.1) is 17.2 Å². The second kappa shape index (κ2) is 4.72. The van der Waals surface area contributed by atoms with Crippen LogP contribution >= 0.6 is 0 Å². The van der Waals surface area contributed by atoms with Crippen molar-refractivity contribution in [3.8, 4) is 6.07 Å². The lowest BCUT2D eigenvalue weighted by molar-refractivity contribution is 0.390. The second-order valence-electron chi connectivity index (χ2n) is 5.07. The summed E-state index contributed by atoms with van der Waals surface area (Å²) in [5, 5.41) is 11.9. The first kappa shape index (κ1) is 13.5. The Morgan fingerprint density at radius 1 is 1.56 bits per heavy atom. The van der Waals surface area contributed by atoms with Crippen LogP contribution in [0.25, 0.3) is 0 Å². The first-order chi connectivity index (χ1) is 7.32. The molecule has 0 amide bonds. The smallest absolute Gasteiger partial charge is 0.153 e. The maximum Gasteiger partial charge on any atom is 0.153 e. The van der Waals surface area contributed by atoms with Crippen LogP contribution in [0.3, 0.4) is 0 Å². The molecule has 0 aromatic rings. The molecule has 0 aliphatic heterocycles. The van der Waals surface area contributed by atoms with Gasteiger partial charge in [0, 0.05) is 6.26 Å². The average molecular weight is 244 g/mol. The number of nitrogens with one attached hydrogen (secondary N) is 1. The number of nitrogens with zero attached hydrogens (tertiary/aromatic N) is 1. The SMILES string of the molecule is CC(C)CNC1(C#N)CCCC1S(C)(=O)=O. The third kappa shape index (κ3) is 2.74. The minimum atomic E-state index is -3.16. The molecule has 1 saturated carbocycles. The van der Waals surface area contributed by atoms with E-state index in [2.05, 4.69) is 11.4 Å². The van der Waals surface area contributed by atoms with E-state index in [0.717, 1.165) is 6.42 Å². The summed E-state index contributed by atoms with van der Waals surface area (Å²) >= 11 is 0. The minimum Gasteiger partial charge on any atom is -0.298 e. The first-order valence-electron chi connectivity index (χ1n) is 5.67. The molecule has 0 aromatic carbocycles. The monoisotopic (exact) mass is 244 g/mol. The Morgan fingerprint density at radius 3 is 2.62 bits per heavy atom. The Morgan fingerprint density at radius 2 is 2.19 bits per heavy atom. The van der Waals surface area contributed by atoms with Gasteiger partial charge < -0.3 is 0 Å². The third-order valence-corrected chi connectivity index (χ3v) is 4.80. The topological polar surface area (TPSA) is 70.0 Å². The lowest BCUT2D eigenvalue weighted by Crippen LogP contribution is -2.53. The predicted octanol–water partition coefficient (Wildman–Crippen LogP) is 1.09. The van der Waals surface area contributed by atoms with Crippen molar-refractivity contribution in [1.29, 1.82) is 5.26 Å². The Bertz CT molecular complexity index is 383. The fourth-order valence-electron chi connectivity index (χ4n) is 2.31. The number of rotatable bonds is 4. The van der Waals surface area contributed by atoms with E-state index in [4.69, 9.17) is 0 Å². The molecule has 2 unspecified atom stereocenters. The lowest BCUT2D eigenvalue weighted by Gasteiger charge is -2.29. The van der Waals surface area contributed by atoms with Crippen LogP contribution in [0.15, 0.2) is 0 Å². The Hall–Kier alpha value is -0.600. The Labute approximate surface area is 98.0 Å². The van der Waals surface area contributed by atoms with Gasteiger partial charge in [-0.05, 0) is 31.7 Å². The van der Waals surface area contributed by atoms with Crippen LogP contribution in [0.2, 0.25) is 0 Å². The van der Waals surface area contributed by atoms with E-state index in [9.17, 15) is 13.7 Å². The fourth-order valence-corrected chi connectivity index (χ4v) is 3.89. The van der Waals surface area contributed by atoms with Crippen LogP contribution in [-0.4, -0.2) is 32.0 Å². The van der Waals surface area contributed by atoms with Gasteiger partial charge in [0.1, 0.15) is 5.54 Å². The number of nitriles is 1. The highest BCUT2D eigenvalue weighted by Crippen LogP contribution is 2.34. The van der Waals surface area contributed by atoms with Gasteiger partial charge in [-0.1, -0.05) is 13.8 Å². The van der Waals surface area contributed by atoms with Gasteiger partial charge in [-0.15, -0.1) is 0 Å². The largest absolute Gasteiger partial charge is 0.298 e. The quantitative estimate of drug-likeness (QED) is 0.803. The maximum atomic E-state index is 11.7. The summed E-state index contributed by atoms with van der Waals surface area (Å²) in [7, 11) is -3.16. The molecule has 1 aliphatic carbocycles. The molecular weight excluding hydrogens is 224 g/mol. The van der Waals surface area contributed by atoms with Gasteiger partial charge in [0.05, 0.1) is 11.3 Å². The molecule has 1 N–H and O–H groups in total. The van der Waals surface area contributed by atoms with Crippen molar-refractivity contribution in [3.05, 3.63) is 0 Å². The molecule has 2 atom stereocenters. The zero-order chi connectivity index (χ0) is 12.4. The van der Waals surface area contributed by atoms with Crippen LogP contribution in [0.1, 0.15) is 33.1 Å². The predicted molar refractivity (Wildman–Crippen MR) is 63.7 cm³/mol. The van der Waals surface area contributed by atoms with Crippen LogP contribution in [-0.2, 0) is 9.84 Å². The number of hydrogen-bond donors (Lipinski definition) is 1. The molecule has 1 fully saturated rings. The van der Waals surface area contributed by atoms with Crippen LogP contribution < -0.4 is 5.32 Å². The van der Waals surface area contributed by atoms with Gasteiger partial charge in [-0.25, -0.2) is 8.42 Å². The van der Waals surface area contributed by atoms with E-state index in [1.54, 1.807) is 0 Å². The van der Waals surface area contributed by atoms with Crippen molar-refractivity contribution in [3.63, 3.8) is 0 Å². The van der Waals surface area contributed by atoms with Gasteiger partial charge in [0.2, 0.25) is 0 Å². The molecule has 16 heavy (non-hydrogen) atoms. The molecule has 5 heteroatoms. The van der Waals surface area contributed by atoms with E-state index >= 15 is 0 Å². The molecule has 1 aliphatic rings. The van der Waals surface area contributed by atoms with Crippen molar-refractivity contribution >= 4 is 9.84 Å². The van der Waals surface area contributed by atoms with Crippen LogP contribution in [0.5, 0.6) is 0 Å². The summed E-state index contributed by atoms with van der Waals surface area (Å²) in [6.45, 7) is 4.77. The average Bonchev–Trinajstić information content (AvgIpc) is 2.58. The zero-order valence-electron chi connectivity index (χ0n) is 10.2. The van der Waals surface area contributed by atoms with E-state index in [1.165, 1.54) is 6.26 Å². The van der Waals surface area contributed by atoms with Crippen LogP contribution in [0.4, 0.5) is 0 Å². The summed E-state index contributed by atoms with van der Waals surface area (Å²) in [5.74, 6) is 0.408. The molecule has 0 saturated heterocycles. The molecule has 0 aromatic heterocycles. The normalized spacial score (nSPS) is 30.6. The molecule has 0 spiro atoms. The molecule has 92 valence electrons. The van der Waals surface area contributed by atoms with Crippen molar-refractivity contribution in [2.45, 2.75) is 43.9 Å². The Balaban J connectivity index is 2.90. The minimum absolute atomic E-state index is 0.408. The summed E-state index contributed by atoms with van der Waals surface area (Å²) in [6.07, 6.45) is 3.26. The highest BCUT2D eigenvalue weighted by molar-refractivity contribution is 7.91. The summed E-state index contributed by atoms with van der Waals surface area (Å²) < 4.78 is 23.3. The summed E-state index contributed by atoms with van der Waals surface area (Å²) in [6, 6.07) is 2.20. The second-order valence-corrected chi connectivity index (χ2v) is 7.30. The van der Waals surface area contributed by atoms with Gasteiger partial charge in [0.15, 0.2) is 9.84 Å². The van der Waals surface area contributed by atoms with E-state index in [-0.39, 0.29) is 0 Å². The number of hydrogen-bond acceptors (Lipinski definition) is 4. The molecule has 4 nitrogen and oxygen atoms in total. The zero-order valence-corrected chi connectivity index (χ0v) is 11.0. The standard InChI is InChI=1S/C11H20N2O2S/c1-9(2)7-13-11(8-12)6-4-5-10(11)16(3,14)15/h9-10,13H,4-7H2,1-3H3. The van der Waals surface area contributed by atoms with E-state index in [0.29, 0.717) is 25.3 Å². The molecule has 0 heterocycles. The summed E-state index contributed by atoms with van der Waals surface area (Å²) in [5.41, 5.74) is -0.863. The third-order valence-electron chi connectivity index (χ3n) is 3.13. The van der Waals surface area contributed by atoms with Gasteiger partial charge in [-0.3, -0.25) is 5.32 Å². The highest BCUT2D eigenvalue weighted by Gasteiger charge is 2.48. The fraction of sp³-hybridized carbons (Fsp3) is 0.909. The van der Waals surface area contributed by atoms with Crippen molar-refractivity contribution in [2.75, 3.05) is 12.8 Å². The van der Waals surface area contributed by atoms with Crippen molar-refractivity contribution < 1.29 is 8.42 Å². The first-order valence-corrected chi connectivity index (χ1v) is 7.62. The maximum absolute atomic E-state index is 11.7. The molecule has 0 bridgehead atoms. The van der Waals surface area contributed by atoms with Crippen molar-refractivity contribution in [2.24, 2.45) is 5.92 Å².